The van der Waals surface area contributed by atoms with Crippen molar-refractivity contribution in [2.75, 3.05) is 0 Å². The molecule has 1 aliphatic carbocycles. The Labute approximate surface area is 121 Å². The number of carbonyl (C=O) groups is 1. The van der Waals surface area contributed by atoms with Crippen molar-refractivity contribution in [3.8, 4) is 0 Å². The van der Waals surface area contributed by atoms with Crippen molar-refractivity contribution in [3.63, 3.8) is 0 Å². The number of aliphatic hydroxyl groups excluding tert-OH is 1. The summed E-state index contributed by atoms with van der Waals surface area (Å²) < 4.78 is 0. The molecule has 1 saturated carbocycles. The van der Waals surface area contributed by atoms with Crippen molar-refractivity contribution in [2.24, 2.45) is 0 Å². The number of halogens is 1. The van der Waals surface area contributed by atoms with Gasteiger partial charge < -0.3 is 15.4 Å². The van der Waals surface area contributed by atoms with Crippen molar-refractivity contribution in [1.82, 2.24) is 15.3 Å². The van der Waals surface area contributed by atoms with E-state index in [1.807, 2.05) is 0 Å². The Morgan fingerprint density at radius 1 is 1.45 bits per heavy atom. The van der Waals surface area contributed by atoms with Gasteiger partial charge in [-0.05, 0) is 18.9 Å². The van der Waals surface area contributed by atoms with Crippen molar-refractivity contribution < 1.29 is 9.90 Å². The molecule has 0 spiro atoms. The molecule has 0 aliphatic heterocycles. The quantitative estimate of drug-likeness (QED) is 0.795. The van der Waals surface area contributed by atoms with Gasteiger partial charge in [-0.1, -0.05) is 24.4 Å². The van der Waals surface area contributed by atoms with E-state index in [4.69, 9.17) is 11.6 Å². The van der Waals surface area contributed by atoms with Gasteiger partial charge in [-0.15, -0.1) is 0 Å². The fraction of sp³-hybridized carbons (Fsp3) is 0.429. The molecule has 106 valence electrons. The van der Waals surface area contributed by atoms with E-state index in [0.29, 0.717) is 21.6 Å². The van der Waals surface area contributed by atoms with Crippen molar-refractivity contribution in [1.29, 1.82) is 0 Å². The van der Waals surface area contributed by atoms with Gasteiger partial charge in [0.2, 0.25) is 0 Å². The fourth-order valence-corrected chi connectivity index (χ4v) is 2.89. The number of aliphatic hydroxyl groups is 1. The number of carbonyl (C=O) groups excluding carboxylic acids is 1. The second-order valence-electron chi connectivity index (χ2n) is 5.15. The largest absolute Gasteiger partial charge is 0.391 e. The molecule has 5 nitrogen and oxygen atoms in total. The lowest BCUT2D eigenvalue weighted by atomic mass is 9.92. The van der Waals surface area contributed by atoms with Gasteiger partial charge in [-0.2, -0.15) is 0 Å². The molecule has 6 heteroatoms. The van der Waals surface area contributed by atoms with Crippen LogP contribution in [0.25, 0.3) is 11.0 Å². The lowest BCUT2D eigenvalue weighted by Crippen LogP contribution is -2.45. The number of aromatic nitrogens is 2. The summed E-state index contributed by atoms with van der Waals surface area (Å²) in [5.41, 5.74) is 1.67. The normalized spacial score (nSPS) is 22.9. The number of aromatic amines is 1. The number of nitrogens with zero attached hydrogens (tertiary/aromatic N) is 1. The maximum atomic E-state index is 12.3. The first-order valence-electron chi connectivity index (χ1n) is 6.77. The Balaban J connectivity index is 1.84. The summed E-state index contributed by atoms with van der Waals surface area (Å²) in [4.78, 5) is 19.5. The van der Waals surface area contributed by atoms with Crippen LogP contribution >= 0.6 is 11.6 Å². The van der Waals surface area contributed by atoms with Crippen molar-refractivity contribution >= 4 is 28.5 Å². The molecule has 0 radical (unpaired) electrons. The van der Waals surface area contributed by atoms with Gasteiger partial charge in [0, 0.05) is 12.4 Å². The minimum Gasteiger partial charge on any atom is -0.391 e. The second-order valence-corrected chi connectivity index (χ2v) is 5.56. The first-order valence-corrected chi connectivity index (χ1v) is 7.15. The molecule has 2 atom stereocenters. The fourth-order valence-electron chi connectivity index (χ4n) is 2.69. The molecular weight excluding hydrogens is 278 g/mol. The highest BCUT2D eigenvalue weighted by Gasteiger charge is 2.26. The number of amides is 1. The van der Waals surface area contributed by atoms with Crippen LogP contribution in [0.5, 0.6) is 0 Å². The van der Waals surface area contributed by atoms with E-state index in [2.05, 4.69) is 15.3 Å². The zero-order valence-electron chi connectivity index (χ0n) is 10.9. The molecule has 0 aromatic carbocycles. The molecule has 2 unspecified atom stereocenters. The Bertz CT molecular complexity index is 640. The number of hydrogen-bond donors (Lipinski definition) is 3. The van der Waals surface area contributed by atoms with E-state index in [1.54, 1.807) is 18.5 Å². The predicted octanol–water partition coefficient (Wildman–Crippen LogP) is 2.25. The number of hydrogen-bond acceptors (Lipinski definition) is 3. The highest BCUT2D eigenvalue weighted by atomic mass is 35.5. The highest BCUT2D eigenvalue weighted by Crippen LogP contribution is 2.24. The van der Waals surface area contributed by atoms with Crippen LogP contribution in [0.15, 0.2) is 18.5 Å². The summed E-state index contributed by atoms with van der Waals surface area (Å²) in [5, 5.41) is 13.3. The van der Waals surface area contributed by atoms with Crippen molar-refractivity contribution in [2.45, 2.75) is 37.8 Å². The summed E-state index contributed by atoms with van der Waals surface area (Å²) in [5.74, 6) is -0.225. The van der Waals surface area contributed by atoms with Gasteiger partial charge >= 0.3 is 0 Å². The maximum absolute atomic E-state index is 12.3. The number of rotatable bonds is 2. The molecule has 2 heterocycles. The zero-order chi connectivity index (χ0) is 14.1. The number of pyridine rings is 1. The molecule has 0 saturated heterocycles. The van der Waals surface area contributed by atoms with Crippen LogP contribution in [0.4, 0.5) is 0 Å². The third-order valence-electron chi connectivity index (χ3n) is 3.81. The number of nitrogens with one attached hydrogen (secondary N) is 2. The molecular formula is C14H16ClN3O2. The van der Waals surface area contributed by atoms with E-state index < -0.39 is 6.10 Å². The Hall–Kier alpha value is -1.59. The molecule has 2 aromatic heterocycles. The molecule has 2 aromatic rings. The summed E-state index contributed by atoms with van der Waals surface area (Å²) in [6.07, 6.45) is 6.30. The molecule has 0 bridgehead atoms. The van der Waals surface area contributed by atoms with Crippen molar-refractivity contribution in [3.05, 3.63) is 29.0 Å². The third kappa shape index (κ3) is 2.39. The van der Waals surface area contributed by atoms with Crippen LogP contribution < -0.4 is 5.32 Å². The molecule has 20 heavy (non-hydrogen) atoms. The van der Waals surface area contributed by atoms with E-state index in [-0.39, 0.29) is 11.9 Å². The number of fused-ring (bicyclic) bond motifs is 1. The van der Waals surface area contributed by atoms with E-state index in [1.165, 1.54) is 0 Å². The Morgan fingerprint density at radius 2 is 2.25 bits per heavy atom. The summed E-state index contributed by atoms with van der Waals surface area (Å²) in [6.45, 7) is 0. The van der Waals surface area contributed by atoms with Crippen LogP contribution in [-0.2, 0) is 0 Å². The van der Waals surface area contributed by atoms with Gasteiger partial charge in [0.05, 0.1) is 28.2 Å². The summed E-state index contributed by atoms with van der Waals surface area (Å²) in [6, 6.07) is 1.49. The Kier molecular flexibility index (Phi) is 3.63. The minimum atomic E-state index is -0.463. The molecule has 1 fully saturated rings. The summed E-state index contributed by atoms with van der Waals surface area (Å²) in [7, 11) is 0. The topological polar surface area (TPSA) is 78.0 Å². The SMILES string of the molecule is O=C(NC1CCCCC1O)c1c[nH]c2c(Cl)ccnc12. The maximum Gasteiger partial charge on any atom is 0.255 e. The average Bonchev–Trinajstić information content (AvgIpc) is 2.87. The molecule has 1 amide bonds. The van der Waals surface area contributed by atoms with Crippen LogP contribution in [0, 0.1) is 0 Å². The van der Waals surface area contributed by atoms with E-state index in [0.717, 1.165) is 25.7 Å². The average molecular weight is 294 g/mol. The zero-order valence-corrected chi connectivity index (χ0v) is 11.7. The first kappa shape index (κ1) is 13.4. The van der Waals surface area contributed by atoms with Gasteiger partial charge in [0.25, 0.3) is 5.91 Å². The first-order chi connectivity index (χ1) is 9.66. The van der Waals surface area contributed by atoms with Gasteiger partial charge in [-0.25, -0.2) is 0 Å². The lowest BCUT2D eigenvalue weighted by Gasteiger charge is -2.28. The van der Waals surface area contributed by atoms with Crippen LogP contribution in [0.3, 0.4) is 0 Å². The monoisotopic (exact) mass is 293 g/mol. The standard InChI is InChI=1S/C14H16ClN3O2/c15-9-5-6-16-12-8(7-17-13(9)12)14(20)18-10-3-1-2-4-11(10)19/h5-7,10-11,17,19H,1-4H2,(H,18,20). The van der Waals surface area contributed by atoms with Gasteiger partial charge in [0.15, 0.2) is 0 Å². The lowest BCUT2D eigenvalue weighted by molar-refractivity contribution is 0.0718. The van der Waals surface area contributed by atoms with E-state index >= 15 is 0 Å². The smallest absolute Gasteiger partial charge is 0.255 e. The summed E-state index contributed by atoms with van der Waals surface area (Å²) >= 11 is 6.05. The van der Waals surface area contributed by atoms with Crippen LogP contribution in [0.2, 0.25) is 5.02 Å². The highest BCUT2D eigenvalue weighted by molar-refractivity contribution is 6.35. The predicted molar refractivity (Wildman–Crippen MR) is 76.8 cm³/mol. The molecule has 3 rings (SSSR count). The van der Waals surface area contributed by atoms with Crippen LogP contribution in [-0.4, -0.2) is 33.1 Å². The minimum absolute atomic E-state index is 0.180. The Morgan fingerprint density at radius 3 is 3.05 bits per heavy atom. The number of H-pyrrole nitrogens is 1. The third-order valence-corrected chi connectivity index (χ3v) is 4.12. The molecule has 3 N–H and O–H groups in total. The molecule has 1 aliphatic rings. The second kappa shape index (κ2) is 5.42. The van der Waals surface area contributed by atoms with Gasteiger partial charge in [0.1, 0.15) is 5.52 Å². The van der Waals surface area contributed by atoms with Gasteiger partial charge in [-0.3, -0.25) is 9.78 Å². The van der Waals surface area contributed by atoms with E-state index in [9.17, 15) is 9.90 Å². The van der Waals surface area contributed by atoms with Crippen LogP contribution in [0.1, 0.15) is 36.0 Å².